The predicted molar refractivity (Wildman–Crippen MR) is 54.0 cm³/mol. The fourth-order valence-electron chi connectivity index (χ4n) is 1.10. The van der Waals surface area contributed by atoms with E-state index in [1.807, 2.05) is 6.07 Å². The Bertz CT molecular complexity index is 305. The van der Waals surface area contributed by atoms with Crippen molar-refractivity contribution in [1.29, 1.82) is 0 Å². The van der Waals surface area contributed by atoms with Gasteiger partial charge in [0.05, 0.1) is 14.7 Å². The summed E-state index contributed by atoms with van der Waals surface area (Å²) in [5, 5.41) is 0. The third kappa shape index (κ3) is 1.49. The predicted octanol–water partition coefficient (Wildman–Crippen LogP) is 2.87. The molecule has 0 fully saturated rings. The molecule has 0 aliphatic carbocycles. The van der Waals surface area contributed by atoms with Crippen LogP contribution in [0.3, 0.4) is 0 Å². The summed E-state index contributed by atoms with van der Waals surface area (Å²) in [7, 11) is 0. The molecule has 0 radical (unpaired) electrons. The fourth-order valence-corrected chi connectivity index (χ4v) is 1.57. The fraction of sp³-hybridized carbons (Fsp3) is 0.500. The van der Waals surface area contributed by atoms with Crippen molar-refractivity contribution >= 4 is 30.1 Å². The van der Waals surface area contributed by atoms with Crippen LogP contribution >= 0.6 is 24.4 Å². The maximum Gasteiger partial charge on any atom is 0.0792 e. The van der Waals surface area contributed by atoms with Crippen molar-refractivity contribution in [3.8, 4) is 0 Å². The standard InChI is InChI=1S/C8H11NS2/c1-3-9(4-2)6-5-7(10)8(6)11/h5H,3-4H2,1-2H3. The van der Waals surface area contributed by atoms with Crippen LogP contribution in [-0.2, 0) is 0 Å². The molecule has 0 bridgehead atoms. The van der Waals surface area contributed by atoms with Crippen LogP contribution < -0.4 is 4.90 Å². The monoisotopic (exact) mass is 185 g/mol. The number of rotatable bonds is 3. The normalized spacial score (nSPS) is 10.4. The van der Waals surface area contributed by atoms with Gasteiger partial charge in [-0.05, 0) is 19.9 Å². The lowest BCUT2D eigenvalue weighted by Gasteiger charge is -2.22. The summed E-state index contributed by atoms with van der Waals surface area (Å²) in [6.07, 6.45) is 0. The minimum absolute atomic E-state index is 0.835. The highest BCUT2D eigenvalue weighted by molar-refractivity contribution is 7.74. The molecule has 0 N–H and O–H groups in total. The topological polar surface area (TPSA) is 3.24 Å². The van der Waals surface area contributed by atoms with E-state index >= 15 is 0 Å². The first kappa shape index (κ1) is 8.81. The van der Waals surface area contributed by atoms with Crippen molar-refractivity contribution < 1.29 is 0 Å². The number of hydrogen-bond donors (Lipinski definition) is 0. The van der Waals surface area contributed by atoms with Gasteiger partial charge in [0.1, 0.15) is 0 Å². The van der Waals surface area contributed by atoms with Gasteiger partial charge in [-0.25, -0.2) is 0 Å². The van der Waals surface area contributed by atoms with Crippen molar-refractivity contribution in [2.75, 3.05) is 18.0 Å². The maximum absolute atomic E-state index is 5.09. The molecule has 1 aromatic rings. The van der Waals surface area contributed by atoms with E-state index in [0.29, 0.717) is 0 Å². The first-order chi connectivity index (χ1) is 5.20. The van der Waals surface area contributed by atoms with Gasteiger partial charge in [-0.3, -0.25) is 0 Å². The molecular weight excluding hydrogens is 174 g/mol. The SMILES string of the molecule is CCN(CC)c1cc(=S)c1=S. The highest BCUT2D eigenvalue weighted by atomic mass is 32.1. The summed E-state index contributed by atoms with van der Waals surface area (Å²) in [5.41, 5.74) is 1.15. The quantitative estimate of drug-likeness (QED) is 0.667. The van der Waals surface area contributed by atoms with E-state index in [4.69, 9.17) is 24.4 Å². The van der Waals surface area contributed by atoms with Crippen molar-refractivity contribution in [3.05, 3.63) is 15.1 Å². The second kappa shape index (κ2) is 3.41. The Kier molecular flexibility index (Phi) is 2.73. The van der Waals surface area contributed by atoms with Gasteiger partial charge in [0, 0.05) is 13.1 Å². The van der Waals surface area contributed by atoms with Gasteiger partial charge in [0.25, 0.3) is 0 Å². The first-order valence-electron chi connectivity index (χ1n) is 3.76. The zero-order valence-electron chi connectivity index (χ0n) is 6.76. The van der Waals surface area contributed by atoms with Crippen LogP contribution in [0.4, 0.5) is 5.69 Å². The number of hydrogen-bond acceptors (Lipinski definition) is 3. The lowest BCUT2D eigenvalue weighted by molar-refractivity contribution is 0.860. The third-order valence-electron chi connectivity index (χ3n) is 1.83. The molecule has 1 aromatic carbocycles. The van der Waals surface area contributed by atoms with Crippen LogP contribution in [0.2, 0.25) is 0 Å². The Balaban J connectivity index is 2.87. The van der Waals surface area contributed by atoms with E-state index in [-0.39, 0.29) is 0 Å². The van der Waals surface area contributed by atoms with E-state index in [9.17, 15) is 0 Å². The van der Waals surface area contributed by atoms with E-state index in [0.717, 1.165) is 27.8 Å². The molecule has 0 saturated heterocycles. The molecule has 0 spiro atoms. The summed E-state index contributed by atoms with van der Waals surface area (Å²) >= 11 is 10.0. The molecule has 0 aliphatic heterocycles. The lowest BCUT2D eigenvalue weighted by Crippen LogP contribution is -2.23. The highest BCUT2D eigenvalue weighted by Crippen LogP contribution is 2.21. The van der Waals surface area contributed by atoms with Gasteiger partial charge in [-0.1, -0.05) is 24.4 Å². The molecule has 0 saturated carbocycles. The van der Waals surface area contributed by atoms with Crippen molar-refractivity contribution in [2.24, 2.45) is 0 Å². The van der Waals surface area contributed by atoms with Gasteiger partial charge in [-0.2, -0.15) is 0 Å². The Hall–Kier alpha value is -0.280. The molecule has 0 unspecified atom stereocenters. The van der Waals surface area contributed by atoms with Crippen LogP contribution in [0.5, 0.6) is 0 Å². The van der Waals surface area contributed by atoms with Gasteiger partial charge in [0.2, 0.25) is 0 Å². The second-order valence-electron chi connectivity index (χ2n) is 2.40. The first-order valence-corrected chi connectivity index (χ1v) is 4.57. The zero-order chi connectivity index (χ0) is 8.43. The summed E-state index contributed by atoms with van der Waals surface area (Å²) in [6, 6.07) is 1.98. The van der Waals surface area contributed by atoms with E-state index in [1.54, 1.807) is 0 Å². The second-order valence-corrected chi connectivity index (χ2v) is 3.24. The summed E-state index contributed by atoms with van der Waals surface area (Å²) in [5.74, 6) is 0. The van der Waals surface area contributed by atoms with Crippen LogP contribution in [0.1, 0.15) is 13.8 Å². The Morgan fingerprint density at radius 1 is 1.27 bits per heavy atom. The third-order valence-corrected chi connectivity index (χ3v) is 2.71. The van der Waals surface area contributed by atoms with E-state index in [1.165, 1.54) is 0 Å². The largest absolute Gasteiger partial charge is 0.371 e. The Morgan fingerprint density at radius 3 is 2.09 bits per heavy atom. The van der Waals surface area contributed by atoms with Crippen LogP contribution in [0, 0.1) is 9.02 Å². The molecule has 1 rings (SSSR count). The Morgan fingerprint density at radius 2 is 1.82 bits per heavy atom. The van der Waals surface area contributed by atoms with Crippen molar-refractivity contribution in [3.63, 3.8) is 0 Å². The van der Waals surface area contributed by atoms with Crippen molar-refractivity contribution in [2.45, 2.75) is 13.8 Å². The van der Waals surface area contributed by atoms with Gasteiger partial charge < -0.3 is 4.90 Å². The zero-order valence-corrected chi connectivity index (χ0v) is 8.39. The number of nitrogens with zero attached hydrogens (tertiary/aromatic N) is 1. The number of anilines is 1. The molecular formula is C8H11NS2. The van der Waals surface area contributed by atoms with Gasteiger partial charge in [0.15, 0.2) is 0 Å². The Labute approximate surface area is 77.3 Å². The molecule has 0 aromatic heterocycles. The van der Waals surface area contributed by atoms with Crippen LogP contribution in [0.25, 0.3) is 0 Å². The summed E-state index contributed by atoms with van der Waals surface area (Å²) in [6.45, 7) is 6.25. The lowest BCUT2D eigenvalue weighted by atomic mass is 10.2. The molecule has 3 heteroatoms. The smallest absolute Gasteiger partial charge is 0.0792 e. The van der Waals surface area contributed by atoms with E-state index in [2.05, 4.69) is 18.7 Å². The molecule has 0 amide bonds. The van der Waals surface area contributed by atoms with Gasteiger partial charge in [-0.15, -0.1) is 0 Å². The highest BCUT2D eigenvalue weighted by Gasteiger charge is 2.07. The van der Waals surface area contributed by atoms with Gasteiger partial charge >= 0.3 is 0 Å². The average molecular weight is 185 g/mol. The molecule has 0 atom stereocenters. The minimum atomic E-state index is 0.835. The molecule has 1 nitrogen and oxygen atoms in total. The van der Waals surface area contributed by atoms with Crippen LogP contribution in [-0.4, -0.2) is 13.1 Å². The minimum Gasteiger partial charge on any atom is -0.371 e. The molecule has 60 valence electrons. The van der Waals surface area contributed by atoms with Crippen LogP contribution in [0.15, 0.2) is 6.07 Å². The van der Waals surface area contributed by atoms with Crippen molar-refractivity contribution in [1.82, 2.24) is 0 Å². The van der Waals surface area contributed by atoms with E-state index < -0.39 is 0 Å². The maximum atomic E-state index is 5.09. The summed E-state index contributed by atoms with van der Waals surface area (Å²) in [4.78, 5) is 2.22. The average Bonchev–Trinajstić information content (AvgIpc) is 2.05. The molecule has 0 aliphatic rings. The summed E-state index contributed by atoms with van der Waals surface area (Å²) < 4.78 is 1.70. The molecule has 0 heterocycles. The molecule has 11 heavy (non-hydrogen) atoms.